The second kappa shape index (κ2) is 5.00. The van der Waals surface area contributed by atoms with Crippen LogP contribution in [0.2, 0.25) is 0 Å². The van der Waals surface area contributed by atoms with Crippen molar-refractivity contribution >= 4 is 16.1 Å². The van der Waals surface area contributed by atoms with E-state index in [0.717, 1.165) is 5.56 Å². The summed E-state index contributed by atoms with van der Waals surface area (Å²) in [6.45, 7) is 0.587. The molecule has 0 spiro atoms. The Kier molecular flexibility index (Phi) is 3.61. The van der Waals surface area contributed by atoms with E-state index in [1.54, 1.807) is 6.08 Å². The van der Waals surface area contributed by atoms with Gasteiger partial charge < -0.3 is 5.11 Å². The summed E-state index contributed by atoms with van der Waals surface area (Å²) in [6.07, 6.45) is 1.55. The van der Waals surface area contributed by atoms with Crippen LogP contribution in [0.4, 0.5) is 0 Å². The van der Waals surface area contributed by atoms with E-state index in [9.17, 15) is 13.5 Å². The Morgan fingerprint density at radius 3 is 2.59 bits per heavy atom. The van der Waals surface area contributed by atoms with Crippen LogP contribution in [-0.2, 0) is 10.0 Å². The zero-order chi connectivity index (χ0) is 12.3. The third-order valence-corrected chi connectivity index (χ3v) is 4.25. The van der Waals surface area contributed by atoms with E-state index in [1.807, 2.05) is 30.3 Å². The SMILES string of the molecule is O=S(=O)(/C=C/c1ccccc1)N1CC[C@H](O)C1. The van der Waals surface area contributed by atoms with Crippen molar-refractivity contribution in [3.8, 4) is 0 Å². The van der Waals surface area contributed by atoms with Crippen LogP contribution in [-0.4, -0.2) is 37.0 Å². The van der Waals surface area contributed by atoms with Gasteiger partial charge in [-0.2, -0.15) is 4.31 Å². The molecule has 92 valence electrons. The Hall–Kier alpha value is -1.17. The fourth-order valence-corrected chi connectivity index (χ4v) is 3.00. The molecule has 0 saturated carbocycles. The number of β-amino-alcohol motifs (C(OH)–C–C–N with tert-alkyl or cyclic N) is 1. The van der Waals surface area contributed by atoms with Gasteiger partial charge in [-0.15, -0.1) is 0 Å². The molecular formula is C12H15NO3S. The van der Waals surface area contributed by atoms with Crippen molar-refractivity contribution in [2.24, 2.45) is 0 Å². The van der Waals surface area contributed by atoms with Crippen LogP contribution in [0.5, 0.6) is 0 Å². The van der Waals surface area contributed by atoms with Crippen molar-refractivity contribution < 1.29 is 13.5 Å². The van der Waals surface area contributed by atoms with Crippen molar-refractivity contribution in [3.05, 3.63) is 41.3 Å². The standard InChI is InChI=1S/C12H15NO3S/c14-12-6-8-13(10-12)17(15,16)9-7-11-4-2-1-3-5-11/h1-5,7,9,12,14H,6,8,10H2/b9-7+/t12-/m0/s1. The second-order valence-electron chi connectivity index (χ2n) is 4.06. The molecule has 17 heavy (non-hydrogen) atoms. The summed E-state index contributed by atoms with van der Waals surface area (Å²) in [5, 5.41) is 10.5. The van der Waals surface area contributed by atoms with E-state index >= 15 is 0 Å². The largest absolute Gasteiger partial charge is 0.392 e. The molecule has 1 N–H and O–H groups in total. The van der Waals surface area contributed by atoms with Gasteiger partial charge in [-0.05, 0) is 18.1 Å². The number of aliphatic hydroxyl groups is 1. The molecule has 0 amide bonds. The Morgan fingerprint density at radius 2 is 2.00 bits per heavy atom. The van der Waals surface area contributed by atoms with Crippen LogP contribution in [0, 0.1) is 0 Å². The highest BCUT2D eigenvalue weighted by atomic mass is 32.2. The molecule has 1 fully saturated rings. The first kappa shape index (κ1) is 12.3. The van der Waals surface area contributed by atoms with Crippen LogP contribution in [0.1, 0.15) is 12.0 Å². The Labute approximate surface area is 101 Å². The first-order valence-electron chi connectivity index (χ1n) is 5.49. The van der Waals surface area contributed by atoms with E-state index in [1.165, 1.54) is 9.71 Å². The summed E-state index contributed by atoms with van der Waals surface area (Å²) in [5.41, 5.74) is 0.843. The average molecular weight is 253 g/mol. The Balaban J connectivity index is 2.10. The minimum absolute atomic E-state index is 0.196. The van der Waals surface area contributed by atoms with Crippen LogP contribution < -0.4 is 0 Å². The number of sulfonamides is 1. The van der Waals surface area contributed by atoms with Gasteiger partial charge in [-0.25, -0.2) is 8.42 Å². The lowest BCUT2D eigenvalue weighted by molar-refractivity contribution is 0.189. The summed E-state index contributed by atoms with van der Waals surface area (Å²) in [7, 11) is -3.40. The Morgan fingerprint density at radius 1 is 1.29 bits per heavy atom. The smallest absolute Gasteiger partial charge is 0.236 e. The van der Waals surface area contributed by atoms with Gasteiger partial charge in [-0.3, -0.25) is 0 Å². The second-order valence-corrected chi connectivity index (χ2v) is 5.88. The molecule has 2 rings (SSSR count). The molecule has 1 saturated heterocycles. The maximum Gasteiger partial charge on any atom is 0.236 e. The first-order chi connectivity index (χ1) is 8.08. The van der Waals surface area contributed by atoms with Crippen molar-refractivity contribution in [2.45, 2.75) is 12.5 Å². The lowest BCUT2D eigenvalue weighted by atomic mass is 10.2. The molecular weight excluding hydrogens is 238 g/mol. The molecule has 5 heteroatoms. The van der Waals surface area contributed by atoms with Crippen LogP contribution >= 0.6 is 0 Å². The van der Waals surface area contributed by atoms with Gasteiger partial charge >= 0.3 is 0 Å². The van der Waals surface area contributed by atoms with Crippen LogP contribution in [0.25, 0.3) is 6.08 Å². The monoisotopic (exact) mass is 253 g/mol. The summed E-state index contributed by atoms with van der Waals surface area (Å²) >= 11 is 0. The molecule has 0 unspecified atom stereocenters. The van der Waals surface area contributed by atoms with Crippen molar-refractivity contribution in [1.29, 1.82) is 0 Å². The van der Waals surface area contributed by atoms with E-state index in [2.05, 4.69) is 0 Å². The molecule has 0 radical (unpaired) electrons. The molecule has 1 atom stereocenters. The number of nitrogens with zero attached hydrogens (tertiary/aromatic N) is 1. The zero-order valence-electron chi connectivity index (χ0n) is 9.36. The third kappa shape index (κ3) is 3.15. The maximum atomic E-state index is 11.9. The van der Waals surface area contributed by atoms with Gasteiger partial charge in [0.1, 0.15) is 0 Å². The normalized spacial score (nSPS) is 22.3. The van der Waals surface area contributed by atoms with Crippen LogP contribution in [0.15, 0.2) is 35.7 Å². The van der Waals surface area contributed by atoms with Gasteiger partial charge in [-0.1, -0.05) is 30.3 Å². The molecule has 1 aromatic rings. The van der Waals surface area contributed by atoms with Gasteiger partial charge in [0.25, 0.3) is 0 Å². The molecule has 1 aromatic carbocycles. The molecule has 1 aliphatic rings. The highest BCUT2D eigenvalue weighted by Gasteiger charge is 2.28. The number of benzene rings is 1. The molecule has 1 aliphatic heterocycles. The average Bonchev–Trinajstić information content (AvgIpc) is 2.76. The van der Waals surface area contributed by atoms with E-state index in [4.69, 9.17) is 0 Å². The van der Waals surface area contributed by atoms with Gasteiger partial charge in [0.15, 0.2) is 0 Å². The molecule has 1 heterocycles. The number of rotatable bonds is 3. The number of hydrogen-bond acceptors (Lipinski definition) is 3. The number of aliphatic hydroxyl groups excluding tert-OH is 1. The summed E-state index contributed by atoms with van der Waals surface area (Å²) < 4.78 is 25.1. The highest BCUT2D eigenvalue weighted by molar-refractivity contribution is 7.92. The van der Waals surface area contributed by atoms with Crippen LogP contribution in [0.3, 0.4) is 0 Å². The summed E-state index contributed by atoms with van der Waals surface area (Å²) in [4.78, 5) is 0. The predicted octanol–water partition coefficient (Wildman–Crippen LogP) is 1.05. The predicted molar refractivity (Wildman–Crippen MR) is 66.6 cm³/mol. The maximum absolute atomic E-state index is 11.9. The lowest BCUT2D eigenvalue weighted by Crippen LogP contribution is -2.27. The first-order valence-corrected chi connectivity index (χ1v) is 6.99. The molecule has 0 aliphatic carbocycles. The van der Waals surface area contributed by atoms with Crippen molar-refractivity contribution in [2.75, 3.05) is 13.1 Å². The number of hydrogen-bond donors (Lipinski definition) is 1. The van der Waals surface area contributed by atoms with Crippen molar-refractivity contribution in [3.63, 3.8) is 0 Å². The van der Waals surface area contributed by atoms with E-state index in [-0.39, 0.29) is 6.54 Å². The molecule has 0 aromatic heterocycles. The molecule has 0 bridgehead atoms. The third-order valence-electron chi connectivity index (χ3n) is 2.72. The van der Waals surface area contributed by atoms with Crippen molar-refractivity contribution in [1.82, 2.24) is 4.31 Å². The van der Waals surface area contributed by atoms with E-state index < -0.39 is 16.1 Å². The minimum Gasteiger partial charge on any atom is -0.392 e. The van der Waals surface area contributed by atoms with Gasteiger partial charge in [0.2, 0.25) is 10.0 Å². The Bertz CT molecular complexity index is 496. The zero-order valence-corrected chi connectivity index (χ0v) is 10.2. The molecule has 4 nitrogen and oxygen atoms in total. The minimum atomic E-state index is -3.40. The van der Waals surface area contributed by atoms with E-state index in [0.29, 0.717) is 13.0 Å². The van der Waals surface area contributed by atoms with Gasteiger partial charge in [0.05, 0.1) is 6.10 Å². The summed E-state index contributed by atoms with van der Waals surface area (Å²) in [6, 6.07) is 9.26. The highest BCUT2D eigenvalue weighted by Crippen LogP contribution is 2.15. The fraction of sp³-hybridized carbons (Fsp3) is 0.333. The topological polar surface area (TPSA) is 57.6 Å². The quantitative estimate of drug-likeness (QED) is 0.876. The lowest BCUT2D eigenvalue weighted by Gasteiger charge is -2.11. The summed E-state index contributed by atoms with van der Waals surface area (Å²) in [5.74, 6) is 0. The van der Waals surface area contributed by atoms with Gasteiger partial charge in [0, 0.05) is 18.5 Å². The fourth-order valence-electron chi connectivity index (χ4n) is 1.76.